The number of morpholine rings is 1. The minimum Gasteiger partial charge on any atom is -0.469 e. The van der Waals surface area contributed by atoms with Crippen molar-refractivity contribution < 1.29 is 13.9 Å². The van der Waals surface area contributed by atoms with E-state index < -0.39 is 0 Å². The number of nitrogens with one attached hydrogen (secondary N) is 1. The number of rotatable bonds is 2. The van der Waals surface area contributed by atoms with Gasteiger partial charge in [0.2, 0.25) is 0 Å². The van der Waals surface area contributed by atoms with Crippen LogP contribution in [-0.2, 0) is 18.2 Å². The Morgan fingerprint density at radius 1 is 1.46 bits per heavy atom. The SMILES string of the molecule is Cn1cnnc1C1CN(C(=O)NC2CCCc3occc32)CCO1. The lowest BCUT2D eigenvalue weighted by Crippen LogP contribution is -2.48. The van der Waals surface area contributed by atoms with Crippen LogP contribution in [0, 0.1) is 0 Å². The molecule has 1 aliphatic carbocycles. The summed E-state index contributed by atoms with van der Waals surface area (Å²) < 4.78 is 13.1. The summed E-state index contributed by atoms with van der Waals surface area (Å²) in [5, 5.41) is 11.1. The van der Waals surface area contributed by atoms with Crippen LogP contribution in [0.2, 0.25) is 0 Å². The molecule has 0 aromatic carbocycles. The molecule has 1 N–H and O–H groups in total. The number of carbonyl (C=O) groups excluding carboxylic acids is 1. The van der Waals surface area contributed by atoms with E-state index in [4.69, 9.17) is 9.15 Å². The lowest BCUT2D eigenvalue weighted by Gasteiger charge is -2.34. The van der Waals surface area contributed by atoms with E-state index in [9.17, 15) is 4.79 Å². The zero-order chi connectivity index (χ0) is 16.5. The monoisotopic (exact) mass is 331 g/mol. The first-order chi connectivity index (χ1) is 11.7. The van der Waals surface area contributed by atoms with Crippen LogP contribution in [0.25, 0.3) is 0 Å². The predicted molar refractivity (Wildman–Crippen MR) is 84.2 cm³/mol. The fourth-order valence-corrected chi connectivity index (χ4v) is 3.45. The smallest absolute Gasteiger partial charge is 0.318 e. The van der Waals surface area contributed by atoms with Crippen LogP contribution in [0.1, 0.15) is 42.1 Å². The summed E-state index contributed by atoms with van der Waals surface area (Å²) in [5.74, 6) is 1.73. The van der Waals surface area contributed by atoms with Crippen LogP contribution < -0.4 is 5.32 Å². The van der Waals surface area contributed by atoms with E-state index >= 15 is 0 Å². The second kappa shape index (κ2) is 6.27. The van der Waals surface area contributed by atoms with Gasteiger partial charge in [-0.2, -0.15) is 0 Å². The number of aromatic nitrogens is 3. The maximum absolute atomic E-state index is 12.7. The number of hydrogen-bond donors (Lipinski definition) is 1. The van der Waals surface area contributed by atoms with Crippen molar-refractivity contribution in [1.29, 1.82) is 0 Å². The second-order valence-electron chi connectivity index (χ2n) is 6.30. The van der Waals surface area contributed by atoms with Gasteiger partial charge in [0, 0.05) is 25.6 Å². The van der Waals surface area contributed by atoms with Gasteiger partial charge in [0.1, 0.15) is 18.2 Å². The molecule has 1 fully saturated rings. The molecule has 3 heterocycles. The van der Waals surface area contributed by atoms with Crippen molar-refractivity contribution in [1.82, 2.24) is 25.0 Å². The third-order valence-electron chi connectivity index (χ3n) is 4.74. The topological polar surface area (TPSA) is 85.4 Å². The van der Waals surface area contributed by atoms with Crippen LogP contribution in [0.3, 0.4) is 0 Å². The lowest BCUT2D eigenvalue weighted by molar-refractivity contribution is -0.0218. The highest BCUT2D eigenvalue weighted by molar-refractivity contribution is 5.75. The van der Waals surface area contributed by atoms with Crippen LogP contribution in [-0.4, -0.2) is 45.4 Å². The summed E-state index contributed by atoms with van der Waals surface area (Å²) in [4.78, 5) is 14.5. The van der Waals surface area contributed by atoms with E-state index in [0.29, 0.717) is 19.7 Å². The fourth-order valence-electron chi connectivity index (χ4n) is 3.45. The van der Waals surface area contributed by atoms with Gasteiger partial charge in [0.15, 0.2) is 5.82 Å². The van der Waals surface area contributed by atoms with Gasteiger partial charge in [-0.3, -0.25) is 0 Å². The van der Waals surface area contributed by atoms with E-state index in [1.807, 2.05) is 17.7 Å². The average Bonchev–Trinajstić information content (AvgIpc) is 3.24. The maximum atomic E-state index is 12.7. The minimum absolute atomic E-state index is 0.0242. The number of aryl methyl sites for hydroxylation is 2. The number of nitrogens with zero attached hydrogens (tertiary/aromatic N) is 4. The van der Waals surface area contributed by atoms with E-state index in [1.54, 1.807) is 17.5 Å². The molecule has 2 aromatic rings. The van der Waals surface area contributed by atoms with Gasteiger partial charge >= 0.3 is 6.03 Å². The fraction of sp³-hybridized carbons (Fsp3) is 0.562. The lowest BCUT2D eigenvalue weighted by atomic mass is 9.93. The zero-order valence-corrected chi connectivity index (χ0v) is 13.6. The first-order valence-electron chi connectivity index (χ1n) is 8.29. The van der Waals surface area contributed by atoms with Gasteiger partial charge in [0.05, 0.1) is 25.5 Å². The van der Waals surface area contributed by atoms with Gasteiger partial charge in [-0.15, -0.1) is 10.2 Å². The van der Waals surface area contributed by atoms with Gasteiger partial charge < -0.3 is 23.9 Å². The summed E-state index contributed by atoms with van der Waals surface area (Å²) in [7, 11) is 1.88. The van der Waals surface area contributed by atoms with Crippen molar-refractivity contribution in [3.63, 3.8) is 0 Å². The van der Waals surface area contributed by atoms with Crippen LogP contribution in [0.5, 0.6) is 0 Å². The Morgan fingerprint density at radius 2 is 2.38 bits per heavy atom. The molecule has 128 valence electrons. The molecule has 2 amide bonds. The number of carbonyl (C=O) groups is 1. The van der Waals surface area contributed by atoms with E-state index in [-0.39, 0.29) is 18.2 Å². The Morgan fingerprint density at radius 3 is 3.21 bits per heavy atom. The van der Waals surface area contributed by atoms with Gasteiger partial charge in [-0.25, -0.2) is 4.79 Å². The molecule has 1 saturated heterocycles. The standard InChI is InChI=1S/C16H21N5O3/c1-20-10-17-19-15(20)14-9-21(6-8-24-14)16(22)18-12-3-2-4-13-11(12)5-7-23-13/h5,7,10,12,14H,2-4,6,8-9H2,1H3,(H,18,22). The minimum atomic E-state index is -0.243. The molecule has 4 rings (SSSR count). The van der Waals surface area contributed by atoms with Crippen molar-refractivity contribution >= 4 is 6.03 Å². The Balaban J connectivity index is 1.43. The van der Waals surface area contributed by atoms with Crippen molar-refractivity contribution in [2.75, 3.05) is 19.7 Å². The molecule has 24 heavy (non-hydrogen) atoms. The van der Waals surface area contributed by atoms with Gasteiger partial charge in [-0.05, 0) is 18.9 Å². The Labute approximate surface area is 139 Å². The van der Waals surface area contributed by atoms with Crippen molar-refractivity contribution in [3.05, 3.63) is 35.8 Å². The first-order valence-corrected chi connectivity index (χ1v) is 8.29. The van der Waals surface area contributed by atoms with Crippen molar-refractivity contribution in [2.24, 2.45) is 7.05 Å². The number of fused-ring (bicyclic) bond motifs is 1. The largest absolute Gasteiger partial charge is 0.469 e. The first kappa shape index (κ1) is 15.2. The molecule has 2 aliphatic rings. The highest BCUT2D eigenvalue weighted by Crippen LogP contribution is 2.30. The summed E-state index contributed by atoms with van der Waals surface area (Å²) in [5.41, 5.74) is 1.10. The summed E-state index contributed by atoms with van der Waals surface area (Å²) in [6.45, 7) is 1.54. The molecule has 8 heteroatoms. The molecule has 0 saturated carbocycles. The van der Waals surface area contributed by atoms with E-state index in [2.05, 4.69) is 15.5 Å². The molecule has 2 atom stereocenters. The Kier molecular flexibility index (Phi) is 3.97. The summed E-state index contributed by atoms with van der Waals surface area (Å²) in [6.07, 6.45) is 6.01. The zero-order valence-electron chi connectivity index (χ0n) is 13.6. The molecular formula is C16H21N5O3. The quantitative estimate of drug-likeness (QED) is 0.903. The highest BCUT2D eigenvalue weighted by Gasteiger charge is 2.31. The predicted octanol–water partition coefficient (Wildman–Crippen LogP) is 1.57. The number of ether oxygens (including phenoxy) is 1. The van der Waals surface area contributed by atoms with Gasteiger partial charge in [0.25, 0.3) is 0 Å². The molecule has 0 radical (unpaired) electrons. The summed E-state index contributed by atoms with van der Waals surface area (Å²) >= 11 is 0. The van der Waals surface area contributed by atoms with Crippen LogP contribution in [0.15, 0.2) is 23.1 Å². The Bertz CT molecular complexity index is 725. The molecule has 8 nitrogen and oxygen atoms in total. The third-order valence-corrected chi connectivity index (χ3v) is 4.74. The van der Waals surface area contributed by atoms with E-state index in [0.717, 1.165) is 36.4 Å². The molecular weight excluding hydrogens is 310 g/mol. The molecule has 0 spiro atoms. The molecule has 0 bridgehead atoms. The molecule has 2 unspecified atom stereocenters. The molecule has 1 aliphatic heterocycles. The second-order valence-corrected chi connectivity index (χ2v) is 6.30. The van der Waals surface area contributed by atoms with E-state index in [1.165, 1.54) is 0 Å². The average molecular weight is 331 g/mol. The number of amides is 2. The number of hydrogen-bond acceptors (Lipinski definition) is 5. The number of urea groups is 1. The van der Waals surface area contributed by atoms with Crippen molar-refractivity contribution in [2.45, 2.75) is 31.4 Å². The highest BCUT2D eigenvalue weighted by atomic mass is 16.5. The molecule has 2 aromatic heterocycles. The van der Waals surface area contributed by atoms with Crippen molar-refractivity contribution in [3.8, 4) is 0 Å². The normalized spacial score (nSPS) is 23.8. The van der Waals surface area contributed by atoms with Gasteiger partial charge in [-0.1, -0.05) is 0 Å². The number of furan rings is 1. The maximum Gasteiger partial charge on any atom is 0.318 e. The Hall–Kier alpha value is -2.35. The van der Waals surface area contributed by atoms with Crippen LogP contribution >= 0.6 is 0 Å². The summed E-state index contributed by atoms with van der Waals surface area (Å²) in [6, 6.07) is 1.92. The van der Waals surface area contributed by atoms with Crippen LogP contribution in [0.4, 0.5) is 4.79 Å². The third kappa shape index (κ3) is 2.77.